The van der Waals surface area contributed by atoms with Gasteiger partial charge in [0, 0.05) is 12.5 Å². The molecule has 2 aromatic carbocycles. The second kappa shape index (κ2) is 8.68. The van der Waals surface area contributed by atoms with Gasteiger partial charge in [-0.3, -0.25) is 4.79 Å². The third kappa shape index (κ3) is 4.46. The number of aliphatic carboxylic acids is 1. The summed E-state index contributed by atoms with van der Waals surface area (Å²) in [5.41, 5.74) is 10.2. The summed E-state index contributed by atoms with van der Waals surface area (Å²) in [5.74, 6) is -0.962. The fourth-order valence-electron chi connectivity index (χ4n) is 3.45. The van der Waals surface area contributed by atoms with Crippen LogP contribution < -0.4 is 11.1 Å². The van der Waals surface area contributed by atoms with Gasteiger partial charge in [-0.2, -0.15) is 0 Å². The summed E-state index contributed by atoms with van der Waals surface area (Å²) in [4.78, 5) is 22.6. The zero-order valence-corrected chi connectivity index (χ0v) is 15.1. The Morgan fingerprint density at radius 2 is 1.63 bits per heavy atom. The third-order valence-electron chi connectivity index (χ3n) is 4.87. The van der Waals surface area contributed by atoms with E-state index in [9.17, 15) is 9.59 Å². The number of carbonyl (C=O) groups is 2. The molecule has 0 spiro atoms. The second-order valence-corrected chi connectivity index (χ2v) is 6.69. The molecule has 0 fully saturated rings. The molecule has 0 aliphatic heterocycles. The number of ether oxygens (including phenoxy) is 1. The molecule has 142 valence electrons. The minimum Gasteiger partial charge on any atom is -0.480 e. The highest BCUT2D eigenvalue weighted by molar-refractivity contribution is 5.79. The van der Waals surface area contributed by atoms with Gasteiger partial charge in [0.15, 0.2) is 0 Å². The number of hydrogen-bond donors (Lipinski definition) is 3. The Labute approximate surface area is 158 Å². The van der Waals surface area contributed by atoms with Crippen LogP contribution in [-0.4, -0.2) is 36.4 Å². The monoisotopic (exact) mass is 368 g/mol. The zero-order chi connectivity index (χ0) is 19.2. The van der Waals surface area contributed by atoms with Crippen molar-refractivity contribution in [3.05, 3.63) is 59.7 Å². The van der Waals surface area contributed by atoms with Crippen LogP contribution in [0.15, 0.2) is 48.5 Å². The molecular formula is C21H24N2O4. The van der Waals surface area contributed by atoms with Crippen molar-refractivity contribution in [2.24, 2.45) is 5.73 Å². The molecule has 1 atom stereocenters. The predicted octanol–water partition coefficient (Wildman–Crippen LogP) is 3.11. The number of alkyl carbamates (subject to hydrolysis) is 1. The average Bonchev–Trinajstić information content (AvgIpc) is 3.00. The van der Waals surface area contributed by atoms with Crippen molar-refractivity contribution in [2.75, 3.05) is 13.2 Å². The number of fused-ring (bicyclic) bond motifs is 3. The predicted molar refractivity (Wildman–Crippen MR) is 103 cm³/mol. The van der Waals surface area contributed by atoms with E-state index < -0.39 is 18.1 Å². The van der Waals surface area contributed by atoms with Gasteiger partial charge in [-0.05, 0) is 41.5 Å². The standard InChI is InChI=1S/C21H24N2O4/c22-19(20(24)25)11-5-6-12-23-21(26)27-13-18-16-9-3-1-7-14(16)15-8-2-4-10-17(15)18/h1-4,7-10,18-19H,5-6,11-13,22H2,(H,23,26)(H,24,25)/t19-/m0/s1. The van der Waals surface area contributed by atoms with Crippen molar-refractivity contribution in [2.45, 2.75) is 31.2 Å². The first-order valence-corrected chi connectivity index (χ1v) is 9.15. The van der Waals surface area contributed by atoms with E-state index in [-0.39, 0.29) is 12.5 Å². The van der Waals surface area contributed by atoms with Gasteiger partial charge in [0.1, 0.15) is 12.6 Å². The summed E-state index contributed by atoms with van der Waals surface area (Å²) in [5, 5.41) is 11.4. The number of benzene rings is 2. The molecule has 2 aromatic rings. The van der Waals surface area contributed by atoms with Crippen LogP contribution in [0.4, 0.5) is 4.79 Å². The fraction of sp³-hybridized carbons (Fsp3) is 0.333. The maximum Gasteiger partial charge on any atom is 0.407 e. The molecule has 6 heteroatoms. The number of hydrogen-bond acceptors (Lipinski definition) is 4. The summed E-state index contributed by atoms with van der Waals surface area (Å²) in [6.07, 6.45) is 1.23. The van der Waals surface area contributed by atoms with E-state index in [0.717, 1.165) is 0 Å². The van der Waals surface area contributed by atoms with Crippen molar-refractivity contribution in [1.82, 2.24) is 5.32 Å². The quantitative estimate of drug-likeness (QED) is 0.622. The molecule has 27 heavy (non-hydrogen) atoms. The highest BCUT2D eigenvalue weighted by Gasteiger charge is 2.28. The number of carboxylic acids is 1. The third-order valence-corrected chi connectivity index (χ3v) is 4.87. The maximum absolute atomic E-state index is 12.0. The number of carbonyl (C=O) groups excluding carboxylic acids is 1. The molecule has 4 N–H and O–H groups in total. The molecule has 1 amide bonds. The lowest BCUT2D eigenvalue weighted by molar-refractivity contribution is -0.138. The van der Waals surface area contributed by atoms with E-state index in [0.29, 0.717) is 25.8 Å². The number of nitrogens with one attached hydrogen (secondary N) is 1. The second-order valence-electron chi connectivity index (χ2n) is 6.69. The van der Waals surface area contributed by atoms with E-state index in [4.69, 9.17) is 15.6 Å². The molecular weight excluding hydrogens is 344 g/mol. The van der Waals surface area contributed by atoms with Crippen LogP contribution in [0.25, 0.3) is 11.1 Å². The number of carboxylic acid groups (broad SMARTS) is 1. The Morgan fingerprint density at radius 1 is 1.04 bits per heavy atom. The first kappa shape index (κ1) is 18.9. The first-order valence-electron chi connectivity index (χ1n) is 9.15. The van der Waals surface area contributed by atoms with E-state index in [1.807, 2.05) is 24.3 Å². The molecule has 0 aromatic heterocycles. The van der Waals surface area contributed by atoms with Gasteiger partial charge in [-0.1, -0.05) is 48.5 Å². The molecule has 1 aliphatic rings. The summed E-state index contributed by atoms with van der Waals surface area (Å²) in [7, 11) is 0. The fourth-order valence-corrected chi connectivity index (χ4v) is 3.45. The SMILES string of the molecule is N[C@@H](CCCCNC(=O)OCC1c2ccccc2-c2ccccc21)C(=O)O. The van der Waals surface area contributed by atoms with Gasteiger partial charge in [0.25, 0.3) is 0 Å². The molecule has 0 unspecified atom stereocenters. The van der Waals surface area contributed by atoms with Crippen molar-refractivity contribution in [3.63, 3.8) is 0 Å². The van der Waals surface area contributed by atoms with Crippen molar-refractivity contribution >= 4 is 12.1 Å². The summed E-state index contributed by atoms with van der Waals surface area (Å²) in [6, 6.07) is 15.5. The number of unbranched alkanes of at least 4 members (excludes halogenated alkanes) is 1. The van der Waals surface area contributed by atoms with Gasteiger partial charge in [-0.15, -0.1) is 0 Å². The molecule has 0 bridgehead atoms. The van der Waals surface area contributed by atoms with Crippen LogP contribution in [-0.2, 0) is 9.53 Å². The first-order chi connectivity index (χ1) is 13.1. The van der Waals surface area contributed by atoms with Crippen LogP contribution >= 0.6 is 0 Å². The van der Waals surface area contributed by atoms with Gasteiger partial charge in [0.2, 0.25) is 0 Å². The van der Waals surface area contributed by atoms with Gasteiger partial charge in [0.05, 0.1) is 0 Å². The van der Waals surface area contributed by atoms with E-state index in [2.05, 4.69) is 29.6 Å². The molecule has 0 saturated heterocycles. The number of amides is 1. The minimum absolute atomic E-state index is 0.0386. The van der Waals surface area contributed by atoms with Crippen LogP contribution in [0.3, 0.4) is 0 Å². The highest BCUT2D eigenvalue weighted by atomic mass is 16.5. The smallest absolute Gasteiger partial charge is 0.407 e. The lowest BCUT2D eigenvalue weighted by Crippen LogP contribution is -2.30. The molecule has 0 saturated carbocycles. The summed E-state index contributed by atoms with van der Waals surface area (Å²) in [6.45, 7) is 0.715. The lowest BCUT2D eigenvalue weighted by Gasteiger charge is -2.14. The average molecular weight is 368 g/mol. The van der Waals surface area contributed by atoms with Crippen molar-refractivity contribution in [3.8, 4) is 11.1 Å². The maximum atomic E-state index is 12.0. The van der Waals surface area contributed by atoms with E-state index >= 15 is 0 Å². The van der Waals surface area contributed by atoms with Crippen LogP contribution in [0.2, 0.25) is 0 Å². The normalized spacial score (nSPS) is 13.5. The Hall–Kier alpha value is -2.86. The number of nitrogens with two attached hydrogens (primary N) is 1. The Kier molecular flexibility index (Phi) is 6.08. The highest BCUT2D eigenvalue weighted by Crippen LogP contribution is 2.44. The minimum atomic E-state index is -1.00. The zero-order valence-electron chi connectivity index (χ0n) is 15.1. The summed E-state index contributed by atoms with van der Waals surface area (Å²) < 4.78 is 5.44. The number of rotatable bonds is 8. The van der Waals surface area contributed by atoms with Crippen LogP contribution in [0, 0.1) is 0 Å². The van der Waals surface area contributed by atoms with Gasteiger partial charge >= 0.3 is 12.1 Å². The molecule has 3 rings (SSSR count). The van der Waals surface area contributed by atoms with E-state index in [1.165, 1.54) is 22.3 Å². The largest absolute Gasteiger partial charge is 0.480 e. The molecule has 1 aliphatic carbocycles. The Balaban J connectivity index is 1.48. The van der Waals surface area contributed by atoms with E-state index in [1.54, 1.807) is 0 Å². The lowest BCUT2D eigenvalue weighted by atomic mass is 9.98. The van der Waals surface area contributed by atoms with Gasteiger partial charge in [-0.25, -0.2) is 4.79 Å². The molecule has 0 heterocycles. The van der Waals surface area contributed by atoms with Crippen LogP contribution in [0.1, 0.15) is 36.3 Å². The molecule has 6 nitrogen and oxygen atoms in total. The Bertz CT molecular complexity index is 776. The van der Waals surface area contributed by atoms with Gasteiger partial charge < -0.3 is 20.9 Å². The summed E-state index contributed by atoms with van der Waals surface area (Å²) >= 11 is 0. The van der Waals surface area contributed by atoms with Crippen LogP contribution in [0.5, 0.6) is 0 Å². The topological polar surface area (TPSA) is 102 Å². The van der Waals surface area contributed by atoms with Crippen molar-refractivity contribution < 1.29 is 19.4 Å². The molecule has 0 radical (unpaired) electrons. The Morgan fingerprint density at radius 3 is 2.22 bits per heavy atom. The van der Waals surface area contributed by atoms with Crippen molar-refractivity contribution in [1.29, 1.82) is 0 Å².